The average molecular weight is 415 g/mol. The van der Waals surface area contributed by atoms with Gasteiger partial charge in [0.15, 0.2) is 0 Å². The van der Waals surface area contributed by atoms with E-state index in [1.807, 2.05) is 42.5 Å². The number of aliphatic hydroxyl groups excluding tert-OH is 2. The number of ether oxygens (including phenoxy) is 1. The predicted octanol–water partition coefficient (Wildman–Crippen LogP) is 2.89. The number of hydrogen-bond acceptors (Lipinski definition) is 6. The van der Waals surface area contributed by atoms with Crippen LogP contribution in [0.4, 0.5) is 4.79 Å². The third-order valence-electron chi connectivity index (χ3n) is 5.39. The van der Waals surface area contributed by atoms with Crippen molar-refractivity contribution in [2.24, 2.45) is 0 Å². The summed E-state index contributed by atoms with van der Waals surface area (Å²) in [6.45, 7) is -0.0543. The first-order valence-electron chi connectivity index (χ1n) is 9.88. The number of fused-ring (bicyclic) bond motifs is 3. The Morgan fingerprint density at radius 3 is 2.39 bits per heavy atom. The highest BCUT2D eigenvalue weighted by atomic mass is 16.5. The topological polar surface area (TPSA) is 115 Å². The first-order chi connectivity index (χ1) is 15.1. The van der Waals surface area contributed by atoms with Crippen molar-refractivity contribution in [1.29, 1.82) is 5.26 Å². The number of carbonyl (C=O) groups excluding carboxylic acids is 1. The number of pyridine rings is 1. The van der Waals surface area contributed by atoms with E-state index in [2.05, 4.69) is 22.4 Å². The maximum Gasteiger partial charge on any atom is 0.407 e. The molecule has 4 rings (SSSR count). The third kappa shape index (κ3) is 4.26. The maximum absolute atomic E-state index is 12.2. The van der Waals surface area contributed by atoms with Gasteiger partial charge in [-0.25, -0.2) is 4.79 Å². The van der Waals surface area contributed by atoms with Crippen molar-refractivity contribution >= 4 is 6.09 Å². The molecule has 0 bridgehead atoms. The Morgan fingerprint density at radius 2 is 1.74 bits per heavy atom. The van der Waals surface area contributed by atoms with Crippen LogP contribution in [0.1, 0.15) is 34.3 Å². The van der Waals surface area contributed by atoms with Crippen molar-refractivity contribution in [3.05, 3.63) is 89.2 Å². The van der Waals surface area contributed by atoms with E-state index in [0.29, 0.717) is 5.56 Å². The van der Waals surface area contributed by atoms with Gasteiger partial charge in [0.25, 0.3) is 0 Å². The summed E-state index contributed by atoms with van der Waals surface area (Å²) in [6.07, 6.45) is -0.539. The molecule has 3 N–H and O–H groups in total. The number of amides is 1. The summed E-state index contributed by atoms with van der Waals surface area (Å²) in [5, 5.41) is 31.8. The van der Waals surface area contributed by atoms with Gasteiger partial charge in [-0.15, -0.1) is 0 Å². The Bertz CT molecular complexity index is 1100. The molecule has 1 heterocycles. The summed E-state index contributed by atoms with van der Waals surface area (Å²) in [7, 11) is 0. The van der Waals surface area contributed by atoms with Gasteiger partial charge in [-0.1, -0.05) is 48.5 Å². The minimum Gasteiger partial charge on any atom is -0.449 e. The molecule has 1 aliphatic rings. The molecule has 2 atom stereocenters. The van der Waals surface area contributed by atoms with Gasteiger partial charge in [0.05, 0.1) is 5.56 Å². The molecular formula is C24H21N3O4. The molecule has 1 amide bonds. The monoisotopic (exact) mass is 415 g/mol. The molecular weight excluding hydrogens is 394 g/mol. The van der Waals surface area contributed by atoms with Crippen molar-refractivity contribution in [2.75, 3.05) is 13.2 Å². The molecule has 2 aromatic carbocycles. The Hall–Kier alpha value is -3.73. The number of nitriles is 1. The van der Waals surface area contributed by atoms with Crippen LogP contribution in [0, 0.1) is 11.3 Å². The van der Waals surface area contributed by atoms with E-state index in [1.54, 1.807) is 0 Å². The van der Waals surface area contributed by atoms with Crippen LogP contribution in [0.3, 0.4) is 0 Å². The number of aliphatic hydroxyl groups is 2. The molecule has 156 valence electrons. The minimum atomic E-state index is -1.30. The van der Waals surface area contributed by atoms with Gasteiger partial charge >= 0.3 is 6.09 Å². The number of aromatic nitrogens is 1. The molecule has 31 heavy (non-hydrogen) atoms. The largest absolute Gasteiger partial charge is 0.449 e. The minimum absolute atomic E-state index is 0.0616. The maximum atomic E-state index is 12.2. The van der Waals surface area contributed by atoms with Gasteiger partial charge < -0.3 is 20.3 Å². The molecule has 1 aromatic heterocycles. The molecule has 7 nitrogen and oxygen atoms in total. The molecule has 1 aliphatic carbocycles. The molecule has 7 heteroatoms. The van der Waals surface area contributed by atoms with Crippen molar-refractivity contribution in [2.45, 2.75) is 18.1 Å². The summed E-state index contributed by atoms with van der Waals surface area (Å²) in [5.74, 6) is -0.0616. The van der Waals surface area contributed by atoms with Crippen LogP contribution >= 0.6 is 0 Å². The Labute approximate surface area is 179 Å². The Balaban J connectivity index is 1.34. The fourth-order valence-corrected chi connectivity index (χ4v) is 3.85. The second kappa shape index (κ2) is 8.96. The van der Waals surface area contributed by atoms with Gasteiger partial charge in [-0.05, 0) is 28.3 Å². The van der Waals surface area contributed by atoms with E-state index in [1.165, 1.54) is 18.5 Å². The van der Waals surface area contributed by atoms with Gasteiger partial charge in [-0.2, -0.15) is 5.26 Å². The molecule has 3 aromatic rings. The van der Waals surface area contributed by atoms with Crippen molar-refractivity contribution < 1.29 is 19.7 Å². The SMILES string of the molecule is N#Cc1cncc(C(O)C(O)CNC(=O)OCC2c3ccccc3-c3ccccc32)c1. The smallest absolute Gasteiger partial charge is 0.407 e. The van der Waals surface area contributed by atoms with Crippen molar-refractivity contribution in [3.63, 3.8) is 0 Å². The lowest BCUT2D eigenvalue weighted by atomic mass is 9.98. The molecule has 0 aliphatic heterocycles. The zero-order valence-corrected chi connectivity index (χ0v) is 16.6. The Morgan fingerprint density at radius 1 is 1.10 bits per heavy atom. The zero-order chi connectivity index (χ0) is 21.8. The summed E-state index contributed by atoms with van der Waals surface area (Å²) < 4.78 is 5.41. The van der Waals surface area contributed by atoms with Crippen LogP contribution < -0.4 is 5.32 Å². The van der Waals surface area contributed by atoms with Gasteiger partial charge in [0.2, 0.25) is 0 Å². The Kier molecular flexibility index (Phi) is 5.94. The predicted molar refractivity (Wildman–Crippen MR) is 113 cm³/mol. The molecule has 0 fully saturated rings. The number of hydrogen-bond donors (Lipinski definition) is 3. The number of nitrogens with one attached hydrogen (secondary N) is 1. The summed E-state index contributed by atoms with van der Waals surface area (Å²) in [6, 6.07) is 19.4. The standard InChI is InChI=1S/C24H21N3O4/c25-10-15-9-16(12-26-11-15)23(29)22(28)13-27-24(30)31-14-21-19-7-3-1-5-17(19)18-6-2-4-8-20(18)21/h1-9,11-12,21-23,28-29H,13-14H2,(H,27,30). The lowest BCUT2D eigenvalue weighted by molar-refractivity contribution is 0.0183. The molecule has 0 radical (unpaired) electrons. The van der Waals surface area contributed by atoms with Crippen LogP contribution in [0.2, 0.25) is 0 Å². The molecule has 0 spiro atoms. The van der Waals surface area contributed by atoms with Crippen molar-refractivity contribution in [1.82, 2.24) is 10.3 Å². The average Bonchev–Trinajstić information content (AvgIpc) is 3.14. The van der Waals surface area contributed by atoms with E-state index in [0.717, 1.165) is 22.3 Å². The van der Waals surface area contributed by atoms with E-state index >= 15 is 0 Å². The lowest BCUT2D eigenvalue weighted by Crippen LogP contribution is -2.36. The van der Waals surface area contributed by atoms with E-state index in [9.17, 15) is 15.0 Å². The van der Waals surface area contributed by atoms with Crippen molar-refractivity contribution in [3.8, 4) is 17.2 Å². The highest BCUT2D eigenvalue weighted by Crippen LogP contribution is 2.44. The van der Waals surface area contributed by atoms with Gasteiger partial charge in [0.1, 0.15) is 24.9 Å². The van der Waals surface area contributed by atoms with Gasteiger partial charge in [0, 0.05) is 30.4 Å². The zero-order valence-electron chi connectivity index (χ0n) is 16.6. The lowest BCUT2D eigenvalue weighted by Gasteiger charge is -2.19. The fraction of sp³-hybridized carbons (Fsp3) is 0.208. The fourth-order valence-electron chi connectivity index (χ4n) is 3.85. The first-order valence-corrected chi connectivity index (χ1v) is 9.88. The van der Waals surface area contributed by atoms with Crippen LogP contribution in [-0.2, 0) is 4.74 Å². The van der Waals surface area contributed by atoms with Crippen LogP contribution in [0.15, 0.2) is 67.0 Å². The van der Waals surface area contributed by atoms with Crippen LogP contribution in [-0.4, -0.2) is 40.5 Å². The van der Waals surface area contributed by atoms with Crippen LogP contribution in [0.25, 0.3) is 11.1 Å². The highest BCUT2D eigenvalue weighted by molar-refractivity contribution is 5.79. The summed E-state index contributed by atoms with van der Waals surface area (Å²) in [5.41, 5.74) is 5.06. The highest BCUT2D eigenvalue weighted by Gasteiger charge is 2.29. The first kappa shape index (κ1) is 20.5. The van der Waals surface area contributed by atoms with Crippen LogP contribution in [0.5, 0.6) is 0 Å². The summed E-state index contributed by atoms with van der Waals surface area (Å²) >= 11 is 0. The summed E-state index contributed by atoms with van der Waals surface area (Å²) in [4.78, 5) is 16.1. The third-order valence-corrected chi connectivity index (χ3v) is 5.39. The van der Waals surface area contributed by atoms with E-state index in [4.69, 9.17) is 10.00 Å². The molecule has 0 saturated heterocycles. The second-order valence-electron chi connectivity index (χ2n) is 7.34. The number of alkyl carbamates (subject to hydrolysis) is 1. The number of benzene rings is 2. The van der Waals surface area contributed by atoms with E-state index < -0.39 is 18.3 Å². The number of rotatable bonds is 6. The number of nitrogens with zero attached hydrogens (tertiary/aromatic N) is 2. The number of carbonyl (C=O) groups is 1. The van der Waals surface area contributed by atoms with Gasteiger partial charge in [-0.3, -0.25) is 4.98 Å². The quantitative estimate of drug-likeness (QED) is 0.570. The van der Waals surface area contributed by atoms with E-state index in [-0.39, 0.29) is 24.6 Å². The molecule has 2 unspecified atom stereocenters. The molecule has 0 saturated carbocycles. The second-order valence-corrected chi connectivity index (χ2v) is 7.34. The normalized spacial score (nSPS) is 14.1.